The van der Waals surface area contributed by atoms with Gasteiger partial charge in [0.2, 0.25) is 0 Å². The number of pyridine rings is 1. The summed E-state index contributed by atoms with van der Waals surface area (Å²) in [5, 5.41) is 0. The molecular weight excluding hydrogens is 194 g/mol. The van der Waals surface area contributed by atoms with Crippen LogP contribution in [0.1, 0.15) is 23.2 Å². The van der Waals surface area contributed by atoms with E-state index in [2.05, 4.69) is 37.3 Å². The summed E-state index contributed by atoms with van der Waals surface area (Å²) in [6.07, 6.45) is 3.72. The third-order valence-electron chi connectivity index (χ3n) is 3.37. The van der Waals surface area contributed by atoms with Crippen molar-refractivity contribution in [3.8, 4) is 11.3 Å². The van der Waals surface area contributed by atoms with E-state index in [1.54, 1.807) is 0 Å². The molecule has 1 heterocycles. The van der Waals surface area contributed by atoms with Crippen LogP contribution < -0.4 is 0 Å². The molecule has 0 N–H and O–H groups in total. The lowest BCUT2D eigenvalue weighted by Gasteiger charge is -2.07. The maximum atomic E-state index is 4.72. The van der Waals surface area contributed by atoms with Crippen molar-refractivity contribution in [2.24, 2.45) is 0 Å². The Morgan fingerprint density at radius 2 is 1.88 bits per heavy atom. The fraction of sp³-hybridized carbons (Fsp3) is 0.267. The SMILES string of the molecule is Cc1nc(-c2ccccc2)cc2c1CCC2. The molecule has 2 aromatic rings. The van der Waals surface area contributed by atoms with Crippen molar-refractivity contribution in [1.82, 2.24) is 4.98 Å². The van der Waals surface area contributed by atoms with Crippen molar-refractivity contribution < 1.29 is 0 Å². The largest absolute Gasteiger partial charge is 0.253 e. The highest BCUT2D eigenvalue weighted by Gasteiger charge is 2.15. The first kappa shape index (κ1) is 9.59. The summed E-state index contributed by atoms with van der Waals surface area (Å²) in [6, 6.07) is 12.7. The van der Waals surface area contributed by atoms with Crippen LogP contribution in [0.4, 0.5) is 0 Å². The van der Waals surface area contributed by atoms with E-state index in [-0.39, 0.29) is 0 Å². The Bertz CT molecular complexity index is 514. The van der Waals surface area contributed by atoms with Crippen LogP contribution in [0.2, 0.25) is 0 Å². The summed E-state index contributed by atoms with van der Waals surface area (Å²) in [4.78, 5) is 4.72. The monoisotopic (exact) mass is 209 g/mol. The third kappa shape index (κ3) is 1.53. The minimum atomic E-state index is 1.12. The highest BCUT2D eigenvalue weighted by Crippen LogP contribution is 2.28. The lowest BCUT2D eigenvalue weighted by atomic mass is 10.0. The summed E-state index contributed by atoms with van der Waals surface area (Å²) in [6.45, 7) is 2.14. The Morgan fingerprint density at radius 3 is 2.69 bits per heavy atom. The molecule has 1 aliphatic rings. The molecule has 1 nitrogen and oxygen atoms in total. The molecule has 0 bridgehead atoms. The molecule has 0 amide bonds. The lowest BCUT2D eigenvalue weighted by molar-refractivity contribution is 0.907. The highest BCUT2D eigenvalue weighted by atomic mass is 14.7. The zero-order chi connectivity index (χ0) is 11.0. The predicted molar refractivity (Wildman–Crippen MR) is 66.4 cm³/mol. The van der Waals surface area contributed by atoms with Crippen LogP contribution in [0.5, 0.6) is 0 Å². The van der Waals surface area contributed by atoms with Gasteiger partial charge in [0.15, 0.2) is 0 Å². The molecule has 1 aliphatic carbocycles. The van der Waals surface area contributed by atoms with Gasteiger partial charge < -0.3 is 0 Å². The minimum Gasteiger partial charge on any atom is -0.253 e. The first-order valence-corrected chi connectivity index (χ1v) is 5.89. The van der Waals surface area contributed by atoms with E-state index in [0.717, 1.165) is 5.69 Å². The van der Waals surface area contributed by atoms with E-state index in [9.17, 15) is 0 Å². The van der Waals surface area contributed by atoms with Crippen molar-refractivity contribution in [3.63, 3.8) is 0 Å². The van der Waals surface area contributed by atoms with Gasteiger partial charge in [-0.05, 0) is 43.4 Å². The Balaban J connectivity index is 2.13. The number of rotatable bonds is 1. The van der Waals surface area contributed by atoms with Crippen molar-refractivity contribution in [2.45, 2.75) is 26.2 Å². The number of hydrogen-bond donors (Lipinski definition) is 0. The molecule has 0 radical (unpaired) electrons. The number of benzene rings is 1. The summed E-state index contributed by atoms with van der Waals surface area (Å²) in [7, 11) is 0. The molecule has 80 valence electrons. The summed E-state index contributed by atoms with van der Waals surface area (Å²) < 4.78 is 0. The molecule has 0 atom stereocenters. The highest BCUT2D eigenvalue weighted by molar-refractivity contribution is 5.61. The van der Waals surface area contributed by atoms with E-state index in [1.165, 1.54) is 41.6 Å². The van der Waals surface area contributed by atoms with Gasteiger partial charge in [0, 0.05) is 11.3 Å². The Morgan fingerprint density at radius 1 is 1.06 bits per heavy atom. The predicted octanol–water partition coefficient (Wildman–Crippen LogP) is 3.55. The molecule has 1 heteroatoms. The molecule has 16 heavy (non-hydrogen) atoms. The maximum absolute atomic E-state index is 4.72. The van der Waals surface area contributed by atoms with Gasteiger partial charge in [-0.3, -0.25) is 4.98 Å². The average Bonchev–Trinajstić information content (AvgIpc) is 2.79. The van der Waals surface area contributed by atoms with E-state index in [4.69, 9.17) is 4.98 Å². The van der Waals surface area contributed by atoms with Crippen LogP contribution in [0, 0.1) is 6.92 Å². The minimum absolute atomic E-state index is 1.12. The number of aromatic nitrogens is 1. The van der Waals surface area contributed by atoms with E-state index in [0.29, 0.717) is 0 Å². The fourth-order valence-electron chi connectivity index (χ4n) is 2.54. The number of nitrogens with zero attached hydrogens (tertiary/aromatic N) is 1. The summed E-state index contributed by atoms with van der Waals surface area (Å²) in [5.41, 5.74) is 6.55. The molecule has 0 saturated heterocycles. The van der Waals surface area contributed by atoms with Gasteiger partial charge in [0.1, 0.15) is 0 Å². The zero-order valence-corrected chi connectivity index (χ0v) is 9.53. The van der Waals surface area contributed by atoms with Crippen LogP contribution >= 0.6 is 0 Å². The Hall–Kier alpha value is -1.63. The summed E-state index contributed by atoms with van der Waals surface area (Å²) >= 11 is 0. The standard InChI is InChI=1S/C15H15N/c1-11-14-9-5-8-13(14)10-15(16-11)12-6-3-2-4-7-12/h2-4,6-7,10H,5,8-9H2,1H3. The van der Waals surface area contributed by atoms with Crippen LogP contribution in [0.25, 0.3) is 11.3 Å². The molecule has 0 aliphatic heterocycles. The fourth-order valence-corrected chi connectivity index (χ4v) is 2.54. The quantitative estimate of drug-likeness (QED) is 0.700. The Labute approximate surface area is 96.2 Å². The Kier molecular flexibility index (Phi) is 2.24. The van der Waals surface area contributed by atoms with E-state index < -0.39 is 0 Å². The van der Waals surface area contributed by atoms with Gasteiger partial charge in [-0.25, -0.2) is 0 Å². The normalized spacial score (nSPS) is 13.8. The second-order valence-corrected chi connectivity index (χ2v) is 4.45. The van der Waals surface area contributed by atoms with Crippen LogP contribution in [0.3, 0.4) is 0 Å². The number of fused-ring (bicyclic) bond motifs is 1. The van der Waals surface area contributed by atoms with Crippen LogP contribution in [-0.4, -0.2) is 4.98 Å². The van der Waals surface area contributed by atoms with Gasteiger partial charge in [0.25, 0.3) is 0 Å². The van der Waals surface area contributed by atoms with Crippen molar-refractivity contribution in [3.05, 3.63) is 53.2 Å². The average molecular weight is 209 g/mol. The zero-order valence-electron chi connectivity index (χ0n) is 9.53. The van der Waals surface area contributed by atoms with Crippen molar-refractivity contribution in [1.29, 1.82) is 0 Å². The second kappa shape index (κ2) is 3.75. The molecule has 0 unspecified atom stereocenters. The van der Waals surface area contributed by atoms with Gasteiger partial charge in [-0.15, -0.1) is 0 Å². The van der Waals surface area contributed by atoms with E-state index >= 15 is 0 Å². The van der Waals surface area contributed by atoms with Gasteiger partial charge in [-0.2, -0.15) is 0 Å². The molecule has 1 aromatic heterocycles. The second-order valence-electron chi connectivity index (χ2n) is 4.45. The number of aryl methyl sites for hydroxylation is 2. The maximum Gasteiger partial charge on any atom is 0.0708 e. The molecule has 3 rings (SSSR count). The third-order valence-corrected chi connectivity index (χ3v) is 3.37. The molecule has 0 fully saturated rings. The molecule has 0 spiro atoms. The van der Waals surface area contributed by atoms with Gasteiger partial charge >= 0.3 is 0 Å². The number of hydrogen-bond acceptors (Lipinski definition) is 1. The van der Waals surface area contributed by atoms with Gasteiger partial charge in [-0.1, -0.05) is 30.3 Å². The van der Waals surface area contributed by atoms with Gasteiger partial charge in [0.05, 0.1) is 5.69 Å². The van der Waals surface area contributed by atoms with Crippen molar-refractivity contribution in [2.75, 3.05) is 0 Å². The first-order chi connectivity index (χ1) is 7.84. The molecule has 0 saturated carbocycles. The van der Waals surface area contributed by atoms with Crippen LogP contribution in [0.15, 0.2) is 36.4 Å². The lowest BCUT2D eigenvalue weighted by Crippen LogP contribution is -1.94. The molecular formula is C15H15N. The van der Waals surface area contributed by atoms with Crippen molar-refractivity contribution >= 4 is 0 Å². The first-order valence-electron chi connectivity index (χ1n) is 5.89. The van der Waals surface area contributed by atoms with Crippen LogP contribution in [-0.2, 0) is 12.8 Å². The smallest absolute Gasteiger partial charge is 0.0708 e. The topological polar surface area (TPSA) is 12.9 Å². The molecule has 1 aromatic carbocycles. The van der Waals surface area contributed by atoms with E-state index in [1.807, 2.05) is 6.07 Å². The summed E-state index contributed by atoms with van der Waals surface area (Å²) in [5.74, 6) is 0.